The van der Waals surface area contributed by atoms with Crippen LogP contribution in [-0.2, 0) is 6.42 Å². The van der Waals surface area contributed by atoms with Gasteiger partial charge in [0, 0.05) is 36.4 Å². The molecule has 0 saturated heterocycles. The van der Waals surface area contributed by atoms with Crippen molar-refractivity contribution in [1.29, 1.82) is 0 Å². The molecule has 3 aromatic heterocycles. The molecule has 0 bridgehead atoms. The van der Waals surface area contributed by atoms with Gasteiger partial charge in [-0.1, -0.05) is 6.07 Å². The van der Waals surface area contributed by atoms with Crippen molar-refractivity contribution < 1.29 is 15.0 Å². The second-order valence-electron chi connectivity index (χ2n) is 7.04. The zero-order chi connectivity index (χ0) is 21.1. The first-order valence-corrected chi connectivity index (χ1v) is 9.64. The molecule has 154 valence electrons. The van der Waals surface area contributed by atoms with Gasteiger partial charge in [0.05, 0.1) is 30.5 Å². The molecule has 0 spiro atoms. The number of nitrogens with zero attached hydrogens (tertiary/aromatic N) is 5. The molecule has 0 aromatic carbocycles. The molecule has 3 N–H and O–H groups in total. The quantitative estimate of drug-likeness (QED) is 0.554. The van der Waals surface area contributed by atoms with Crippen LogP contribution in [0.25, 0.3) is 11.5 Å². The Morgan fingerprint density at radius 2 is 2.03 bits per heavy atom. The van der Waals surface area contributed by atoms with E-state index in [0.717, 1.165) is 23.5 Å². The summed E-state index contributed by atoms with van der Waals surface area (Å²) in [6.45, 7) is 1.84. The molecule has 9 nitrogen and oxygen atoms in total. The van der Waals surface area contributed by atoms with Gasteiger partial charge < -0.3 is 20.4 Å². The lowest BCUT2D eigenvalue weighted by atomic mass is 10.2. The lowest BCUT2D eigenvalue weighted by Crippen LogP contribution is -2.40. The van der Waals surface area contributed by atoms with Gasteiger partial charge >= 0.3 is 0 Å². The van der Waals surface area contributed by atoms with Gasteiger partial charge in [0.25, 0.3) is 5.91 Å². The minimum atomic E-state index is -0.738. The normalized spacial score (nSPS) is 12.9. The zero-order valence-electron chi connectivity index (χ0n) is 16.5. The molecule has 3 aromatic rings. The number of nitrogens with one attached hydrogen (secondary N) is 1. The number of rotatable bonds is 6. The summed E-state index contributed by atoms with van der Waals surface area (Å²) in [5, 5.41) is 21.2. The van der Waals surface area contributed by atoms with Crippen molar-refractivity contribution in [2.75, 3.05) is 24.7 Å². The van der Waals surface area contributed by atoms with Crippen LogP contribution < -0.4 is 10.2 Å². The van der Waals surface area contributed by atoms with Crippen LogP contribution in [-0.4, -0.2) is 61.9 Å². The number of hydrogen-bond acceptors (Lipinski definition) is 8. The fraction of sp³-hybridized carbons (Fsp3) is 0.286. The van der Waals surface area contributed by atoms with E-state index in [-0.39, 0.29) is 13.2 Å². The van der Waals surface area contributed by atoms with Gasteiger partial charge in [0.15, 0.2) is 5.82 Å². The summed E-state index contributed by atoms with van der Waals surface area (Å²) in [5.74, 6) is 0.823. The molecule has 1 aliphatic heterocycles. The van der Waals surface area contributed by atoms with Gasteiger partial charge in [-0.25, -0.2) is 15.0 Å². The number of carbonyl (C=O) groups is 1. The van der Waals surface area contributed by atoms with Crippen molar-refractivity contribution in [1.82, 2.24) is 25.3 Å². The van der Waals surface area contributed by atoms with Crippen molar-refractivity contribution in [2.45, 2.75) is 19.4 Å². The van der Waals surface area contributed by atoms with E-state index in [1.807, 2.05) is 30.0 Å². The summed E-state index contributed by atoms with van der Waals surface area (Å²) in [5.41, 5.74) is 3.54. The average molecular weight is 406 g/mol. The molecule has 4 rings (SSSR count). The van der Waals surface area contributed by atoms with E-state index in [2.05, 4.69) is 20.3 Å². The monoisotopic (exact) mass is 406 g/mol. The Balaban J connectivity index is 1.70. The summed E-state index contributed by atoms with van der Waals surface area (Å²) < 4.78 is 0. The van der Waals surface area contributed by atoms with Crippen LogP contribution >= 0.6 is 0 Å². The molecule has 0 atom stereocenters. The largest absolute Gasteiger partial charge is 0.394 e. The zero-order valence-corrected chi connectivity index (χ0v) is 16.5. The first-order valence-electron chi connectivity index (χ1n) is 9.64. The van der Waals surface area contributed by atoms with E-state index >= 15 is 0 Å². The predicted octanol–water partition coefficient (Wildman–Crippen LogP) is 1.02. The van der Waals surface area contributed by atoms with Crippen LogP contribution in [0.5, 0.6) is 0 Å². The average Bonchev–Trinajstić information content (AvgIpc) is 3.20. The number of aromatic nitrogens is 4. The van der Waals surface area contributed by atoms with Gasteiger partial charge in [0.2, 0.25) is 0 Å². The van der Waals surface area contributed by atoms with E-state index in [1.54, 1.807) is 18.5 Å². The van der Waals surface area contributed by atoms with Crippen LogP contribution in [0.15, 0.2) is 42.9 Å². The smallest absolute Gasteiger partial charge is 0.255 e. The Bertz CT molecular complexity index is 1070. The summed E-state index contributed by atoms with van der Waals surface area (Å²) in [7, 11) is 0. The highest BCUT2D eigenvalue weighted by Gasteiger charge is 2.27. The Hall–Kier alpha value is -3.43. The first-order chi connectivity index (χ1) is 14.6. The third-order valence-corrected chi connectivity index (χ3v) is 4.93. The molecular weight excluding hydrogens is 384 g/mol. The van der Waals surface area contributed by atoms with Crippen LogP contribution in [0.3, 0.4) is 0 Å². The SMILES string of the molecule is Cc1cccc(-c2ncc3c(n2)N(c2ccncc2C(=O)NC(CO)CO)CC3)n1. The summed E-state index contributed by atoms with van der Waals surface area (Å²) in [6.07, 6.45) is 5.63. The van der Waals surface area contributed by atoms with Gasteiger partial charge in [-0.15, -0.1) is 0 Å². The molecule has 30 heavy (non-hydrogen) atoms. The molecule has 1 amide bonds. The van der Waals surface area contributed by atoms with E-state index in [9.17, 15) is 15.0 Å². The Kier molecular flexibility index (Phi) is 5.64. The number of amides is 1. The van der Waals surface area contributed by atoms with Gasteiger partial charge in [-0.3, -0.25) is 9.78 Å². The number of pyridine rings is 2. The second-order valence-corrected chi connectivity index (χ2v) is 7.04. The maximum absolute atomic E-state index is 12.7. The predicted molar refractivity (Wildman–Crippen MR) is 110 cm³/mol. The maximum atomic E-state index is 12.7. The lowest BCUT2D eigenvalue weighted by Gasteiger charge is -2.22. The third-order valence-electron chi connectivity index (χ3n) is 4.93. The van der Waals surface area contributed by atoms with Crippen molar-refractivity contribution >= 4 is 17.4 Å². The van der Waals surface area contributed by atoms with E-state index in [4.69, 9.17) is 4.98 Å². The Morgan fingerprint density at radius 3 is 2.80 bits per heavy atom. The van der Waals surface area contributed by atoms with Crippen LogP contribution in [0.2, 0.25) is 0 Å². The number of aliphatic hydroxyl groups excluding tert-OH is 2. The summed E-state index contributed by atoms with van der Waals surface area (Å²) in [4.78, 5) is 32.5. The van der Waals surface area contributed by atoms with Crippen LogP contribution in [0.4, 0.5) is 11.5 Å². The van der Waals surface area contributed by atoms with Gasteiger partial charge in [0.1, 0.15) is 11.5 Å². The Morgan fingerprint density at radius 1 is 1.20 bits per heavy atom. The Labute approximate surface area is 173 Å². The second kappa shape index (κ2) is 8.52. The number of anilines is 2. The molecule has 0 fully saturated rings. The van der Waals surface area contributed by atoms with Gasteiger partial charge in [-0.2, -0.15) is 0 Å². The molecule has 4 heterocycles. The van der Waals surface area contributed by atoms with Crippen LogP contribution in [0.1, 0.15) is 21.6 Å². The number of fused-ring (bicyclic) bond motifs is 1. The highest BCUT2D eigenvalue weighted by molar-refractivity contribution is 6.00. The third kappa shape index (κ3) is 3.85. The van der Waals surface area contributed by atoms with E-state index < -0.39 is 11.9 Å². The number of aryl methyl sites for hydroxylation is 1. The van der Waals surface area contributed by atoms with E-state index in [1.165, 1.54) is 6.20 Å². The van der Waals surface area contributed by atoms with Crippen molar-refractivity contribution in [3.63, 3.8) is 0 Å². The molecule has 0 radical (unpaired) electrons. The summed E-state index contributed by atoms with van der Waals surface area (Å²) in [6, 6.07) is 6.71. The topological polar surface area (TPSA) is 124 Å². The number of aliphatic hydroxyl groups is 2. The number of hydrogen-bond donors (Lipinski definition) is 3. The van der Waals surface area contributed by atoms with Crippen molar-refractivity contribution in [3.05, 3.63) is 59.7 Å². The van der Waals surface area contributed by atoms with Crippen LogP contribution in [0, 0.1) is 6.92 Å². The van der Waals surface area contributed by atoms with E-state index in [0.29, 0.717) is 29.3 Å². The minimum absolute atomic E-state index is 0.339. The fourth-order valence-electron chi connectivity index (χ4n) is 3.38. The molecule has 0 aliphatic carbocycles. The summed E-state index contributed by atoms with van der Waals surface area (Å²) >= 11 is 0. The molecule has 1 aliphatic rings. The first kappa shape index (κ1) is 19.9. The highest BCUT2D eigenvalue weighted by atomic mass is 16.3. The standard InChI is InChI=1S/C21H22N6O3/c1-13-3-2-4-17(24-13)19-23-9-14-6-8-27(20(14)26-19)18-5-7-22-10-16(18)21(30)25-15(11-28)12-29/h2-5,7,9-10,15,28-29H,6,8,11-12H2,1H3,(H,25,30). The number of carbonyl (C=O) groups excluding carboxylic acids is 1. The molecule has 0 saturated carbocycles. The molecule has 9 heteroatoms. The van der Waals surface area contributed by atoms with Crippen molar-refractivity contribution in [2.24, 2.45) is 0 Å². The molecule has 0 unspecified atom stereocenters. The van der Waals surface area contributed by atoms with Crippen molar-refractivity contribution in [3.8, 4) is 11.5 Å². The van der Waals surface area contributed by atoms with Gasteiger partial charge in [-0.05, 0) is 31.5 Å². The maximum Gasteiger partial charge on any atom is 0.255 e. The fourth-order valence-corrected chi connectivity index (χ4v) is 3.38. The lowest BCUT2D eigenvalue weighted by molar-refractivity contribution is 0.0879. The minimum Gasteiger partial charge on any atom is -0.394 e. The highest BCUT2D eigenvalue weighted by Crippen LogP contribution is 2.35. The molecular formula is C21H22N6O3.